The van der Waals surface area contributed by atoms with E-state index in [9.17, 15) is 0 Å². The van der Waals surface area contributed by atoms with Gasteiger partial charge in [-0.1, -0.05) is 41.9 Å². The fourth-order valence-corrected chi connectivity index (χ4v) is 1.96. The molecule has 1 aliphatic heterocycles. The molecule has 3 rings (SSSR count). The molecule has 2 heterocycles. The number of hydrogen-bond donors (Lipinski definition) is 2. The number of nitrogens with zero attached hydrogens (tertiary/aromatic N) is 3. The molecule has 1 aromatic carbocycles. The summed E-state index contributed by atoms with van der Waals surface area (Å²) in [5.74, 6) is 1.89. The topological polar surface area (TPSA) is 62.2 Å². The lowest BCUT2D eigenvalue weighted by atomic mass is 10.2. The Bertz CT molecular complexity index is 624. The zero-order chi connectivity index (χ0) is 12.5. The first-order valence-corrected chi connectivity index (χ1v) is 5.82. The summed E-state index contributed by atoms with van der Waals surface area (Å²) >= 11 is 6.07. The van der Waals surface area contributed by atoms with Crippen LogP contribution >= 0.6 is 11.6 Å². The Morgan fingerprint density at radius 1 is 1.06 bits per heavy atom. The van der Waals surface area contributed by atoms with Crippen molar-refractivity contribution in [3.63, 3.8) is 0 Å². The van der Waals surface area contributed by atoms with Crippen molar-refractivity contribution in [1.29, 1.82) is 0 Å². The average Bonchev–Trinajstić information content (AvgIpc) is 2.39. The predicted octanol–water partition coefficient (Wildman–Crippen LogP) is 2.45. The summed E-state index contributed by atoms with van der Waals surface area (Å²) in [4.78, 5) is 12.8. The van der Waals surface area contributed by atoms with Crippen molar-refractivity contribution in [2.45, 2.75) is 6.92 Å². The highest BCUT2D eigenvalue weighted by Crippen LogP contribution is 2.32. The number of fused-ring (bicyclic) bond motifs is 1. The number of hydrogen-bond acceptors (Lipinski definition) is 5. The highest BCUT2D eigenvalue weighted by atomic mass is 35.5. The maximum Gasteiger partial charge on any atom is 0.175 e. The summed E-state index contributed by atoms with van der Waals surface area (Å²) in [6.07, 6.45) is 0. The molecule has 1 aliphatic rings. The van der Waals surface area contributed by atoms with Gasteiger partial charge in [0.15, 0.2) is 16.8 Å². The van der Waals surface area contributed by atoms with E-state index in [2.05, 4.69) is 25.8 Å². The smallest absolute Gasteiger partial charge is 0.175 e. The molecule has 2 aromatic rings. The Labute approximate surface area is 109 Å². The van der Waals surface area contributed by atoms with Crippen LogP contribution in [0, 0.1) is 6.92 Å². The predicted molar refractivity (Wildman–Crippen MR) is 71.2 cm³/mol. The van der Waals surface area contributed by atoms with Gasteiger partial charge in [0.05, 0.1) is 0 Å². The molecule has 0 aliphatic carbocycles. The highest BCUT2D eigenvalue weighted by Gasteiger charge is 2.17. The van der Waals surface area contributed by atoms with Gasteiger partial charge in [-0.3, -0.25) is 10.9 Å². The van der Waals surface area contributed by atoms with Crippen LogP contribution in [0.15, 0.2) is 35.3 Å². The first kappa shape index (κ1) is 11.0. The Balaban J connectivity index is 2.09. The van der Waals surface area contributed by atoms with Gasteiger partial charge in [0.1, 0.15) is 11.5 Å². The number of aryl methyl sites for hydroxylation is 1. The van der Waals surface area contributed by atoms with Crippen LogP contribution in [0.1, 0.15) is 11.4 Å². The number of rotatable bonds is 1. The van der Waals surface area contributed by atoms with Crippen molar-refractivity contribution in [2.75, 3.05) is 5.43 Å². The lowest BCUT2D eigenvalue weighted by molar-refractivity contribution is 0.985. The molecule has 0 saturated carbocycles. The second kappa shape index (κ2) is 4.27. The first-order chi connectivity index (χ1) is 8.74. The molecule has 0 amide bonds. The van der Waals surface area contributed by atoms with Crippen LogP contribution in [-0.4, -0.2) is 15.8 Å². The molecule has 0 radical (unpaired) electrons. The van der Waals surface area contributed by atoms with Crippen LogP contribution in [0.5, 0.6) is 0 Å². The number of benzene rings is 1. The van der Waals surface area contributed by atoms with Crippen molar-refractivity contribution in [1.82, 2.24) is 15.4 Å². The van der Waals surface area contributed by atoms with Crippen molar-refractivity contribution in [3.8, 4) is 0 Å². The van der Waals surface area contributed by atoms with E-state index in [-0.39, 0.29) is 0 Å². The van der Waals surface area contributed by atoms with Gasteiger partial charge in [-0.25, -0.2) is 15.0 Å². The lowest BCUT2D eigenvalue weighted by Gasteiger charge is -2.19. The van der Waals surface area contributed by atoms with Crippen molar-refractivity contribution < 1.29 is 0 Å². The molecule has 1 aromatic heterocycles. The second-order valence-corrected chi connectivity index (χ2v) is 4.19. The van der Waals surface area contributed by atoms with E-state index >= 15 is 0 Å². The van der Waals surface area contributed by atoms with E-state index in [0.717, 1.165) is 5.56 Å². The fourth-order valence-electron chi connectivity index (χ4n) is 1.71. The minimum absolute atomic E-state index is 0.347. The summed E-state index contributed by atoms with van der Waals surface area (Å²) in [7, 11) is 0. The van der Waals surface area contributed by atoms with Crippen LogP contribution in [0.25, 0.3) is 0 Å². The summed E-state index contributed by atoms with van der Waals surface area (Å²) in [6, 6.07) is 9.77. The van der Waals surface area contributed by atoms with Gasteiger partial charge in [-0.15, -0.1) is 0 Å². The summed E-state index contributed by atoms with van der Waals surface area (Å²) < 4.78 is 0. The average molecular weight is 260 g/mol. The molecule has 6 heteroatoms. The molecule has 0 saturated heterocycles. The Kier molecular flexibility index (Phi) is 2.60. The molecule has 18 heavy (non-hydrogen) atoms. The number of aliphatic imine (C=N–C) groups is 1. The first-order valence-electron chi connectivity index (χ1n) is 5.44. The molecule has 0 fully saturated rings. The molecule has 0 spiro atoms. The molecule has 5 nitrogen and oxygen atoms in total. The number of halogens is 1. The third-order valence-electron chi connectivity index (χ3n) is 2.52. The molecule has 0 unspecified atom stereocenters. The summed E-state index contributed by atoms with van der Waals surface area (Å²) in [5, 5.41) is 0.347. The van der Waals surface area contributed by atoms with Crippen LogP contribution in [0.4, 0.5) is 11.5 Å². The van der Waals surface area contributed by atoms with Crippen molar-refractivity contribution in [2.24, 2.45) is 4.99 Å². The molecular weight excluding hydrogens is 250 g/mol. The van der Waals surface area contributed by atoms with Crippen molar-refractivity contribution >= 4 is 28.9 Å². The van der Waals surface area contributed by atoms with Gasteiger partial charge in [0, 0.05) is 5.56 Å². The number of aromatic nitrogens is 2. The second-order valence-electron chi connectivity index (χ2n) is 3.84. The van der Waals surface area contributed by atoms with E-state index in [1.165, 1.54) is 0 Å². The maximum atomic E-state index is 6.07. The van der Waals surface area contributed by atoms with Gasteiger partial charge in [0.25, 0.3) is 0 Å². The summed E-state index contributed by atoms with van der Waals surface area (Å²) in [5.41, 5.74) is 7.49. The normalized spacial score (nSPS) is 13.1. The van der Waals surface area contributed by atoms with Crippen LogP contribution in [0.3, 0.4) is 0 Å². The van der Waals surface area contributed by atoms with Gasteiger partial charge in [-0.2, -0.15) is 0 Å². The third-order valence-corrected chi connectivity index (χ3v) is 2.79. The van der Waals surface area contributed by atoms with Crippen LogP contribution in [0.2, 0.25) is 5.15 Å². The standard InChI is InChI=1S/C12H10ClN5/c1-7-14-10(13)9-12(15-7)18-17-11(16-9)8-5-3-2-4-6-8/h2-6H,1H3,(H,16,17)(H,14,15,18). The zero-order valence-corrected chi connectivity index (χ0v) is 10.4. The molecule has 0 atom stereocenters. The Hall–Kier alpha value is -2.14. The SMILES string of the molecule is Cc1nc(Cl)c2c(n1)NNC(c1ccccc1)=N2. The Morgan fingerprint density at radius 3 is 2.61 bits per heavy atom. The van der Waals surface area contributed by atoms with Gasteiger partial charge >= 0.3 is 0 Å². The van der Waals surface area contributed by atoms with E-state index in [1.807, 2.05) is 30.3 Å². The van der Waals surface area contributed by atoms with E-state index in [1.54, 1.807) is 6.92 Å². The minimum Gasteiger partial charge on any atom is -0.282 e. The lowest BCUT2D eigenvalue weighted by Crippen LogP contribution is -2.33. The van der Waals surface area contributed by atoms with Gasteiger partial charge < -0.3 is 0 Å². The quantitative estimate of drug-likeness (QED) is 0.773. The van der Waals surface area contributed by atoms with E-state index in [0.29, 0.717) is 28.3 Å². The van der Waals surface area contributed by atoms with Gasteiger partial charge in [-0.05, 0) is 6.92 Å². The number of anilines is 1. The summed E-state index contributed by atoms with van der Waals surface area (Å²) in [6.45, 7) is 1.78. The van der Waals surface area contributed by atoms with E-state index in [4.69, 9.17) is 11.6 Å². The van der Waals surface area contributed by atoms with Crippen molar-refractivity contribution in [3.05, 3.63) is 46.9 Å². The maximum absolute atomic E-state index is 6.07. The monoisotopic (exact) mass is 259 g/mol. The minimum atomic E-state index is 0.347. The Morgan fingerprint density at radius 2 is 1.83 bits per heavy atom. The molecule has 90 valence electrons. The molecule has 2 N–H and O–H groups in total. The van der Waals surface area contributed by atoms with Crippen LogP contribution < -0.4 is 10.9 Å². The fraction of sp³-hybridized carbons (Fsp3) is 0.0833. The number of nitrogens with one attached hydrogen (secondary N) is 2. The largest absolute Gasteiger partial charge is 0.282 e. The van der Waals surface area contributed by atoms with Crippen LogP contribution in [-0.2, 0) is 0 Å². The third kappa shape index (κ3) is 1.89. The molecule has 0 bridgehead atoms. The number of amidine groups is 1. The zero-order valence-electron chi connectivity index (χ0n) is 9.61. The molecular formula is C12H10ClN5. The van der Waals surface area contributed by atoms with E-state index < -0.39 is 0 Å². The number of hydrazine groups is 1. The highest BCUT2D eigenvalue weighted by molar-refractivity contribution is 6.32. The van der Waals surface area contributed by atoms with Gasteiger partial charge in [0.2, 0.25) is 0 Å².